The molecular formula is C86H166O8S5Sn2. The zero-order chi connectivity index (χ0) is 70.9. The van der Waals surface area contributed by atoms with Crippen LogP contribution in [0, 0.1) is 0 Å². The van der Waals surface area contributed by atoms with Crippen LogP contribution in [0.4, 0.5) is 0 Å². The average Bonchev–Trinajstić information content (AvgIpc) is 3.82. The minimum atomic E-state index is -0.0925. The average molecular weight is 1730 g/mol. The molecule has 0 aliphatic rings. The van der Waals surface area contributed by atoms with Crippen LogP contribution in [0.1, 0.15) is 428 Å². The van der Waals surface area contributed by atoms with Gasteiger partial charge in [0.2, 0.25) is 0 Å². The Balaban J connectivity index is -0.000000157. The quantitative estimate of drug-likeness (QED) is 0.0145. The van der Waals surface area contributed by atoms with E-state index >= 15 is 0 Å². The van der Waals surface area contributed by atoms with Gasteiger partial charge in [-0.3, -0.25) is 19.2 Å². The molecule has 0 heterocycles. The molecule has 101 heavy (non-hydrogen) atoms. The van der Waals surface area contributed by atoms with Gasteiger partial charge in [0.05, 0.1) is 26.4 Å². The Morgan fingerprint density at radius 2 is 0.337 bits per heavy atom. The number of rotatable bonds is 72. The van der Waals surface area contributed by atoms with Gasteiger partial charge < -0.3 is 69.5 Å². The van der Waals surface area contributed by atoms with Gasteiger partial charge in [-0.15, -0.1) is 23.0 Å². The van der Waals surface area contributed by atoms with Gasteiger partial charge in [0.25, 0.3) is 0 Å². The molecule has 0 amide bonds. The van der Waals surface area contributed by atoms with Crippen LogP contribution in [-0.4, -0.2) is 121 Å². The third-order valence-corrected chi connectivity index (χ3v) is 17.6. The summed E-state index contributed by atoms with van der Waals surface area (Å²) in [5, 5.41) is 0. The molecule has 0 aromatic heterocycles. The summed E-state index contributed by atoms with van der Waals surface area (Å²) in [6.07, 6.45) is 93.2. The molecule has 0 fully saturated rings. The Morgan fingerprint density at radius 1 is 0.218 bits per heavy atom. The van der Waals surface area contributed by atoms with Crippen molar-refractivity contribution in [2.45, 2.75) is 428 Å². The van der Waals surface area contributed by atoms with Gasteiger partial charge in [-0.1, -0.05) is 322 Å². The molecule has 4 radical (unpaired) electrons. The van der Waals surface area contributed by atoms with Crippen molar-refractivity contribution in [3.63, 3.8) is 0 Å². The fourth-order valence-electron chi connectivity index (χ4n) is 11.0. The molecule has 0 aromatic rings. The van der Waals surface area contributed by atoms with Gasteiger partial charge in [-0.25, -0.2) is 0 Å². The molecule has 0 aliphatic carbocycles. The van der Waals surface area contributed by atoms with Crippen LogP contribution >= 0.6 is 13.5 Å². The molecule has 0 unspecified atom stereocenters. The molecule has 0 bridgehead atoms. The Kier molecular flexibility index (Phi) is 137. The Hall–Kier alpha value is 0.187. The van der Waals surface area contributed by atoms with Crippen molar-refractivity contribution < 1.29 is 38.1 Å². The van der Waals surface area contributed by atoms with E-state index in [2.05, 4.69) is 76.3 Å². The van der Waals surface area contributed by atoms with Gasteiger partial charge in [0.15, 0.2) is 0 Å². The minimum absolute atomic E-state index is 0. The predicted molar refractivity (Wildman–Crippen MR) is 464 cm³/mol. The minimum Gasteiger partial charge on any atom is -0.789 e. The van der Waals surface area contributed by atoms with Crippen molar-refractivity contribution >= 4 is 136 Å². The topological polar surface area (TPSA) is 105 Å². The summed E-state index contributed by atoms with van der Waals surface area (Å²) in [6, 6.07) is 0. The van der Waals surface area contributed by atoms with E-state index in [-0.39, 0.29) is 100 Å². The molecule has 8 nitrogen and oxygen atoms in total. The zero-order valence-electron chi connectivity index (χ0n) is 65.1. The summed E-state index contributed by atoms with van der Waals surface area (Å²) in [6.45, 7) is 10.6. The molecule has 0 spiro atoms. The molecule has 0 aliphatic heterocycles. The maximum absolute atomic E-state index is 11.3. The van der Waals surface area contributed by atoms with Crippen molar-refractivity contribution in [1.82, 2.24) is 0 Å². The van der Waals surface area contributed by atoms with Crippen molar-refractivity contribution in [3.05, 3.63) is 48.6 Å². The van der Waals surface area contributed by atoms with Gasteiger partial charge in [0, 0.05) is 25.7 Å². The van der Waals surface area contributed by atoms with Crippen LogP contribution < -0.4 is 0 Å². The fraction of sp³-hybridized carbons (Fsp3) is 0.860. The summed E-state index contributed by atoms with van der Waals surface area (Å²) < 4.78 is 19.8. The van der Waals surface area contributed by atoms with Crippen molar-refractivity contribution in [2.24, 2.45) is 0 Å². The van der Waals surface area contributed by atoms with Crippen LogP contribution in [0.5, 0.6) is 0 Å². The summed E-state index contributed by atoms with van der Waals surface area (Å²) in [5.41, 5.74) is 0. The van der Waals surface area contributed by atoms with E-state index in [0.717, 1.165) is 51.4 Å². The Bertz CT molecular complexity index is 1410. The second-order valence-corrected chi connectivity index (χ2v) is 28.1. The maximum Gasteiger partial charge on any atom is 2.00 e. The number of esters is 4. The van der Waals surface area contributed by atoms with Crippen LogP contribution in [0.3, 0.4) is 0 Å². The maximum atomic E-state index is 11.3. The molecular weight excluding hydrogens is 1560 g/mol. The van der Waals surface area contributed by atoms with E-state index in [1.54, 1.807) is 0 Å². The molecule has 0 saturated carbocycles. The molecule has 0 atom stereocenters. The van der Waals surface area contributed by atoms with Gasteiger partial charge in [-0.05, 0) is 128 Å². The fourth-order valence-corrected chi connectivity index (χ4v) is 11.3. The molecule has 596 valence electrons. The SMILES string of the molecule is C.C.CCCCCCCCCC/C=C/CCCCCCC(=O)OCC[S-].CCCCCCCCCC/C=C/CCCCCCC(=O)OCC[S-].CCCCCCCCCC/C=C/CCCCCCC(=O)OCC[S-].CCCCCCCCCC/C=C/CCCCCCC(=O)OCC[S-].S.[Sn+2].[Sn+2]. The molecule has 0 saturated heterocycles. The van der Waals surface area contributed by atoms with Crippen LogP contribution in [-0.2, 0) is 88.6 Å². The Labute approximate surface area is 693 Å². The monoisotopic (exact) mass is 1730 g/mol. The van der Waals surface area contributed by atoms with Gasteiger partial charge >= 0.3 is 71.7 Å². The van der Waals surface area contributed by atoms with Crippen LogP contribution in [0.2, 0.25) is 0 Å². The zero-order valence-corrected chi connectivity index (χ0v) is 75.1. The van der Waals surface area contributed by atoms with E-state index in [1.165, 1.54) is 308 Å². The van der Waals surface area contributed by atoms with E-state index < -0.39 is 0 Å². The second-order valence-electron chi connectivity index (χ2n) is 26.4. The second kappa shape index (κ2) is 116. The van der Waals surface area contributed by atoms with E-state index in [4.69, 9.17) is 69.5 Å². The first-order valence-electron chi connectivity index (χ1n) is 40.8. The van der Waals surface area contributed by atoms with E-state index in [0.29, 0.717) is 75.1 Å². The number of allylic oxidation sites excluding steroid dienone is 8. The van der Waals surface area contributed by atoms with Crippen molar-refractivity contribution in [2.75, 3.05) is 49.4 Å². The van der Waals surface area contributed by atoms with E-state index in [1.807, 2.05) is 0 Å². The Morgan fingerprint density at radius 3 is 0.465 bits per heavy atom. The number of carbonyl (C=O) groups is 4. The first-order chi connectivity index (χ1) is 47.2. The largest absolute Gasteiger partial charge is 2.00 e. The third kappa shape index (κ3) is 124. The predicted octanol–water partition coefficient (Wildman–Crippen LogP) is 26.6. The van der Waals surface area contributed by atoms with Crippen LogP contribution in [0.15, 0.2) is 48.6 Å². The van der Waals surface area contributed by atoms with Crippen molar-refractivity contribution in [1.29, 1.82) is 0 Å². The number of hydrogen-bond donors (Lipinski definition) is 0. The third-order valence-electron chi connectivity index (χ3n) is 17.0. The standard InChI is InChI=1S/4C21H40O2S.2CH4.H2S.2Sn/c4*1-2-3-4-5-6-7-8-9-10-11-12-13-14-15-16-17-18-21(22)23-19-20-24;;;;;/h4*11-12,24H,2-10,13-20H2,1H3;2*1H4;1H2;;/q;;;;;;;2*+2/p-4/b4*12-11+;;;;;. The van der Waals surface area contributed by atoms with Gasteiger partial charge in [0.1, 0.15) is 0 Å². The first kappa shape index (κ1) is 120. The molecule has 0 rings (SSSR count). The summed E-state index contributed by atoms with van der Waals surface area (Å²) in [7, 11) is 0. The van der Waals surface area contributed by atoms with Crippen molar-refractivity contribution in [3.8, 4) is 0 Å². The normalized spacial score (nSPS) is 10.7. The van der Waals surface area contributed by atoms with Gasteiger partial charge in [-0.2, -0.15) is 13.5 Å². The first-order valence-corrected chi connectivity index (χ1v) is 43.1. The number of carbonyl (C=O) groups excluding carboxylic acids is 4. The number of ether oxygens (including phenoxy) is 4. The van der Waals surface area contributed by atoms with E-state index in [9.17, 15) is 19.2 Å². The number of unbranched alkanes of at least 4 members (excludes halogenated alkanes) is 48. The van der Waals surface area contributed by atoms with Crippen LogP contribution in [0.25, 0.3) is 0 Å². The summed E-state index contributed by atoms with van der Waals surface area (Å²) >= 11 is 19.0. The number of hydrogen-bond acceptors (Lipinski definition) is 12. The smallest absolute Gasteiger partial charge is 0.789 e. The molecule has 0 N–H and O–H groups in total. The summed E-state index contributed by atoms with van der Waals surface area (Å²) in [5.74, 6) is 1.62. The summed E-state index contributed by atoms with van der Waals surface area (Å²) in [4.78, 5) is 45.1. The molecule has 0 aromatic carbocycles. The molecule has 15 heteroatoms.